The zero-order chi connectivity index (χ0) is 19.1. The molecule has 1 saturated carbocycles. The molecule has 1 aromatic rings. The number of amides is 2. The van der Waals surface area contributed by atoms with E-state index in [-0.39, 0.29) is 23.2 Å². The van der Waals surface area contributed by atoms with Crippen LogP contribution < -0.4 is 14.8 Å². The maximum Gasteiger partial charge on any atom is 0.260 e. The third-order valence-corrected chi connectivity index (χ3v) is 7.26. The van der Waals surface area contributed by atoms with E-state index in [1.165, 1.54) is 7.11 Å². The Hall–Kier alpha value is -1.89. The molecule has 1 saturated heterocycles. The first-order chi connectivity index (χ1) is 13.0. The largest absolute Gasteiger partial charge is 0.493 e. The average Bonchev–Trinajstić information content (AvgIpc) is 3.23. The van der Waals surface area contributed by atoms with Gasteiger partial charge in [-0.1, -0.05) is 13.0 Å². The zero-order valence-electron chi connectivity index (χ0n) is 16.0. The van der Waals surface area contributed by atoms with Crippen molar-refractivity contribution < 1.29 is 19.1 Å². The van der Waals surface area contributed by atoms with Crippen LogP contribution in [0.2, 0.25) is 0 Å². The van der Waals surface area contributed by atoms with Gasteiger partial charge in [-0.2, -0.15) is 0 Å². The van der Waals surface area contributed by atoms with Gasteiger partial charge < -0.3 is 19.7 Å². The standard InChI is InChI=1S/C20H26N2O4S/c1-11-4-6-12(7-5-11)21-18(23)14-10-27-20-13-8-9-15(25-2)17(26-3)16(13)19(24)22(14)20/h8-9,11-12,14,20H,4-7,10H2,1-3H3,(H,21,23)/t11?,12?,14-,20+/m1/s1. The fraction of sp³-hybridized carbons (Fsp3) is 0.600. The number of carbonyl (C=O) groups is 2. The second-order valence-corrected chi connectivity index (χ2v) is 8.76. The lowest BCUT2D eigenvalue weighted by atomic mass is 9.87. The monoisotopic (exact) mass is 390 g/mol. The molecule has 0 bridgehead atoms. The number of hydrogen-bond donors (Lipinski definition) is 1. The number of nitrogens with zero attached hydrogens (tertiary/aromatic N) is 1. The van der Waals surface area contributed by atoms with Crippen LogP contribution in [0.5, 0.6) is 11.5 Å². The van der Waals surface area contributed by atoms with Gasteiger partial charge in [-0.15, -0.1) is 11.8 Å². The van der Waals surface area contributed by atoms with Gasteiger partial charge in [0, 0.05) is 17.4 Å². The van der Waals surface area contributed by atoms with Gasteiger partial charge >= 0.3 is 0 Å². The third kappa shape index (κ3) is 3.06. The Labute approximate surface area is 164 Å². The van der Waals surface area contributed by atoms with E-state index in [1.807, 2.05) is 12.1 Å². The number of benzene rings is 1. The smallest absolute Gasteiger partial charge is 0.260 e. The molecule has 2 heterocycles. The number of ether oxygens (including phenoxy) is 2. The van der Waals surface area contributed by atoms with Gasteiger partial charge in [-0.05, 0) is 37.7 Å². The summed E-state index contributed by atoms with van der Waals surface area (Å²) < 4.78 is 10.8. The van der Waals surface area contributed by atoms with Crippen LogP contribution >= 0.6 is 11.8 Å². The van der Waals surface area contributed by atoms with Crippen molar-refractivity contribution in [2.24, 2.45) is 5.92 Å². The van der Waals surface area contributed by atoms with Crippen molar-refractivity contribution in [3.63, 3.8) is 0 Å². The predicted molar refractivity (Wildman–Crippen MR) is 104 cm³/mol. The molecule has 6 nitrogen and oxygen atoms in total. The number of nitrogens with one attached hydrogen (secondary N) is 1. The lowest BCUT2D eigenvalue weighted by Crippen LogP contribution is -2.49. The predicted octanol–water partition coefficient (Wildman–Crippen LogP) is 2.97. The molecule has 2 amide bonds. The molecule has 0 aromatic heterocycles. The quantitative estimate of drug-likeness (QED) is 0.856. The van der Waals surface area contributed by atoms with E-state index in [0.717, 1.165) is 37.2 Å². The Kier molecular flexibility index (Phi) is 4.97. The minimum absolute atomic E-state index is 0.0309. The zero-order valence-corrected chi connectivity index (χ0v) is 16.8. The number of thioether (sulfide) groups is 1. The first-order valence-corrected chi connectivity index (χ1v) is 10.6. The van der Waals surface area contributed by atoms with Crippen molar-refractivity contribution in [1.29, 1.82) is 0 Å². The maximum atomic E-state index is 13.2. The van der Waals surface area contributed by atoms with Crippen molar-refractivity contribution in [2.45, 2.75) is 50.1 Å². The summed E-state index contributed by atoms with van der Waals surface area (Å²) >= 11 is 1.64. The summed E-state index contributed by atoms with van der Waals surface area (Å²) in [4.78, 5) is 27.8. The summed E-state index contributed by atoms with van der Waals surface area (Å²) in [5.74, 6) is 2.18. The van der Waals surface area contributed by atoms with Gasteiger partial charge in [0.2, 0.25) is 5.91 Å². The molecule has 146 valence electrons. The molecule has 27 heavy (non-hydrogen) atoms. The maximum absolute atomic E-state index is 13.2. The molecule has 2 fully saturated rings. The van der Waals surface area contributed by atoms with E-state index in [0.29, 0.717) is 22.8 Å². The molecule has 0 spiro atoms. The number of methoxy groups -OCH3 is 2. The second-order valence-electron chi connectivity index (χ2n) is 7.64. The summed E-state index contributed by atoms with van der Waals surface area (Å²) in [6, 6.07) is 3.53. The van der Waals surface area contributed by atoms with Crippen molar-refractivity contribution in [3.05, 3.63) is 23.3 Å². The van der Waals surface area contributed by atoms with Gasteiger partial charge in [0.25, 0.3) is 5.91 Å². The van der Waals surface area contributed by atoms with E-state index >= 15 is 0 Å². The van der Waals surface area contributed by atoms with Crippen LogP contribution in [0.15, 0.2) is 12.1 Å². The Morgan fingerprint density at radius 3 is 2.59 bits per heavy atom. The lowest BCUT2D eigenvalue weighted by molar-refractivity contribution is -0.125. The van der Waals surface area contributed by atoms with Crippen molar-refractivity contribution in [1.82, 2.24) is 10.2 Å². The van der Waals surface area contributed by atoms with Crippen molar-refractivity contribution in [3.8, 4) is 11.5 Å². The van der Waals surface area contributed by atoms with Crippen LogP contribution in [-0.4, -0.2) is 48.8 Å². The molecule has 2 atom stereocenters. The topological polar surface area (TPSA) is 67.9 Å². The van der Waals surface area contributed by atoms with Crippen LogP contribution in [-0.2, 0) is 4.79 Å². The van der Waals surface area contributed by atoms with Crippen LogP contribution in [0.4, 0.5) is 0 Å². The fourth-order valence-corrected chi connectivity index (χ4v) is 5.85. The highest BCUT2D eigenvalue weighted by atomic mass is 32.2. The SMILES string of the molecule is COc1ccc2c(c1OC)C(=O)N1[C@@H](C(=O)NC3CCC(C)CC3)CS[C@@H]21. The molecule has 1 aliphatic carbocycles. The van der Waals surface area contributed by atoms with Gasteiger partial charge in [0.15, 0.2) is 11.5 Å². The Morgan fingerprint density at radius 1 is 1.19 bits per heavy atom. The van der Waals surface area contributed by atoms with E-state index in [1.54, 1.807) is 23.8 Å². The fourth-order valence-electron chi connectivity index (χ4n) is 4.40. The third-order valence-electron chi connectivity index (χ3n) is 5.96. The van der Waals surface area contributed by atoms with E-state index in [2.05, 4.69) is 12.2 Å². The molecule has 3 aliphatic rings. The van der Waals surface area contributed by atoms with E-state index in [9.17, 15) is 9.59 Å². The molecule has 0 radical (unpaired) electrons. The summed E-state index contributed by atoms with van der Waals surface area (Å²) in [6.45, 7) is 2.26. The summed E-state index contributed by atoms with van der Waals surface area (Å²) in [6.07, 6.45) is 4.35. The highest BCUT2D eigenvalue weighted by molar-refractivity contribution is 7.99. The minimum Gasteiger partial charge on any atom is -0.493 e. The van der Waals surface area contributed by atoms with Crippen molar-refractivity contribution in [2.75, 3.05) is 20.0 Å². The number of rotatable bonds is 4. The average molecular weight is 391 g/mol. The Balaban J connectivity index is 1.54. The van der Waals surface area contributed by atoms with Crippen LogP contribution in [0.1, 0.15) is 53.9 Å². The van der Waals surface area contributed by atoms with E-state index < -0.39 is 6.04 Å². The summed E-state index contributed by atoms with van der Waals surface area (Å²) in [7, 11) is 3.09. The molecule has 1 N–H and O–H groups in total. The number of carbonyl (C=O) groups excluding carboxylic acids is 2. The Morgan fingerprint density at radius 2 is 1.93 bits per heavy atom. The highest BCUT2D eigenvalue weighted by Gasteiger charge is 2.50. The molecule has 7 heteroatoms. The normalized spacial score (nSPS) is 29.3. The molecule has 4 rings (SSSR count). The van der Waals surface area contributed by atoms with Crippen LogP contribution in [0.3, 0.4) is 0 Å². The first-order valence-electron chi connectivity index (χ1n) is 9.54. The Bertz CT molecular complexity index is 761. The summed E-state index contributed by atoms with van der Waals surface area (Å²) in [5.41, 5.74) is 1.43. The molecule has 2 aliphatic heterocycles. The van der Waals surface area contributed by atoms with Gasteiger partial charge in [0.1, 0.15) is 11.4 Å². The summed E-state index contributed by atoms with van der Waals surface area (Å²) in [5, 5.41) is 3.06. The number of fused-ring (bicyclic) bond motifs is 3. The molecular formula is C20H26N2O4S. The molecule has 1 aromatic carbocycles. The van der Waals surface area contributed by atoms with Crippen LogP contribution in [0.25, 0.3) is 0 Å². The first kappa shape index (κ1) is 18.5. The van der Waals surface area contributed by atoms with Gasteiger partial charge in [-0.3, -0.25) is 9.59 Å². The van der Waals surface area contributed by atoms with E-state index in [4.69, 9.17) is 9.47 Å². The number of hydrogen-bond acceptors (Lipinski definition) is 5. The van der Waals surface area contributed by atoms with Gasteiger partial charge in [-0.25, -0.2) is 0 Å². The van der Waals surface area contributed by atoms with Crippen molar-refractivity contribution >= 4 is 23.6 Å². The lowest BCUT2D eigenvalue weighted by Gasteiger charge is -2.29. The molecule has 0 unspecified atom stereocenters. The molecular weight excluding hydrogens is 364 g/mol. The second kappa shape index (κ2) is 7.26. The highest BCUT2D eigenvalue weighted by Crippen LogP contribution is 2.52. The van der Waals surface area contributed by atoms with Gasteiger partial charge in [0.05, 0.1) is 19.8 Å². The van der Waals surface area contributed by atoms with Crippen LogP contribution in [0, 0.1) is 5.92 Å². The minimum atomic E-state index is -0.435.